The number of carbonyl (C=O) groups excluding carboxylic acids is 2. The number of benzene rings is 1. The third kappa shape index (κ3) is 3.44. The summed E-state index contributed by atoms with van der Waals surface area (Å²) in [6, 6.07) is 10.5. The van der Waals surface area contributed by atoms with Gasteiger partial charge in [0, 0.05) is 5.56 Å². The Morgan fingerprint density at radius 2 is 1.93 bits per heavy atom. The lowest BCUT2D eigenvalue weighted by Gasteiger charge is -2.41. The van der Waals surface area contributed by atoms with Crippen LogP contribution in [-0.2, 0) is 16.1 Å². The van der Waals surface area contributed by atoms with Crippen molar-refractivity contribution in [3.05, 3.63) is 59.5 Å². The number of nitrogens with zero attached hydrogens (tertiary/aromatic N) is 1. The van der Waals surface area contributed by atoms with E-state index in [0.717, 1.165) is 37.7 Å². The molecular formula is C22H26N2O4. The average molecular weight is 382 g/mol. The summed E-state index contributed by atoms with van der Waals surface area (Å²) < 4.78 is 11.5. The van der Waals surface area contributed by atoms with Crippen molar-refractivity contribution in [2.45, 2.75) is 57.3 Å². The van der Waals surface area contributed by atoms with Gasteiger partial charge in [0.25, 0.3) is 5.91 Å². The maximum absolute atomic E-state index is 13.5. The standard InChI is InChI=1S/C22H26N2O4/c1-16-8-3-4-10-18(16)21(26)24-19(15-28-22(24)11-5-2-6-12-22)20(25)23-14-17-9-7-13-27-17/h3-4,7-10,13,19H,2,5-6,11-12,14-15H2,1H3,(H,23,25)/t19-/m0/s1. The van der Waals surface area contributed by atoms with Crippen molar-refractivity contribution in [2.75, 3.05) is 6.61 Å². The summed E-state index contributed by atoms with van der Waals surface area (Å²) in [7, 11) is 0. The highest BCUT2D eigenvalue weighted by atomic mass is 16.5. The highest BCUT2D eigenvalue weighted by Crippen LogP contribution is 2.41. The first-order valence-corrected chi connectivity index (χ1v) is 9.94. The van der Waals surface area contributed by atoms with E-state index in [0.29, 0.717) is 17.9 Å². The molecule has 0 radical (unpaired) electrons. The van der Waals surface area contributed by atoms with Crippen LogP contribution >= 0.6 is 0 Å². The van der Waals surface area contributed by atoms with Gasteiger partial charge in [-0.05, 0) is 56.4 Å². The lowest BCUT2D eigenvalue weighted by atomic mass is 9.89. The molecule has 2 aromatic rings. The van der Waals surface area contributed by atoms with Gasteiger partial charge in [0.2, 0.25) is 5.91 Å². The van der Waals surface area contributed by atoms with Gasteiger partial charge in [0.15, 0.2) is 0 Å². The summed E-state index contributed by atoms with van der Waals surface area (Å²) in [5.41, 5.74) is 0.853. The number of amides is 2. The van der Waals surface area contributed by atoms with Crippen LogP contribution in [0.3, 0.4) is 0 Å². The fourth-order valence-corrected chi connectivity index (χ4v) is 4.32. The van der Waals surface area contributed by atoms with E-state index < -0.39 is 11.8 Å². The topological polar surface area (TPSA) is 71.8 Å². The van der Waals surface area contributed by atoms with Crippen LogP contribution in [0.4, 0.5) is 0 Å². The van der Waals surface area contributed by atoms with Crippen LogP contribution in [0.15, 0.2) is 47.1 Å². The lowest BCUT2D eigenvalue weighted by Crippen LogP contribution is -2.56. The van der Waals surface area contributed by atoms with E-state index >= 15 is 0 Å². The molecule has 0 unspecified atom stereocenters. The quantitative estimate of drug-likeness (QED) is 0.880. The van der Waals surface area contributed by atoms with Gasteiger partial charge in [-0.15, -0.1) is 0 Å². The maximum Gasteiger partial charge on any atom is 0.257 e. The van der Waals surface area contributed by atoms with Crippen LogP contribution in [-0.4, -0.2) is 35.1 Å². The van der Waals surface area contributed by atoms with Crippen LogP contribution in [0.25, 0.3) is 0 Å². The van der Waals surface area contributed by atoms with Crippen molar-refractivity contribution in [1.82, 2.24) is 10.2 Å². The molecule has 2 aliphatic rings. The van der Waals surface area contributed by atoms with Gasteiger partial charge < -0.3 is 14.5 Å². The molecule has 1 aromatic heterocycles. The van der Waals surface area contributed by atoms with E-state index in [4.69, 9.17) is 9.15 Å². The Balaban J connectivity index is 1.60. The van der Waals surface area contributed by atoms with Gasteiger partial charge in [0.05, 0.1) is 19.4 Å². The Labute approximate surface area is 164 Å². The molecule has 6 heteroatoms. The van der Waals surface area contributed by atoms with E-state index in [1.807, 2.05) is 37.3 Å². The fourth-order valence-electron chi connectivity index (χ4n) is 4.32. The number of hydrogen-bond acceptors (Lipinski definition) is 4. The third-order valence-corrected chi connectivity index (χ3v) is 5.81. The van der Waals surface area contributed by atoms with E-state index in [-0.39, 0.29) is 18.4 Å². The summed E-state index contributed by atoms with van der Waals surface area (Å²) in [5, 5.41) is 2.89. The molecule has 1 N–H and O–H groups in total. The van der Waals surface area contributed by atoms with Gasteiger partial charge >= 0.3 is 0 Å². The van der Waals surface area contributed by atoms with E-state index in [1.165, 1.54) is 0 Å². The zero-order valence-electron chi connectivity index (χ0n) is 16.1. The third-order valence-electron chi connectivity index (χ3n) is 5.81. The minimum Gasteiger partial charge on any atom is -0.467 e. The molecule has 2 fully saturated rings. The van der Waals surface area contributed by atoms with Crippen molar-refractivity contribution in [2.24, 2.45) is 0 Å². The van der Waals surface area contributed by atoms with Crippen LogP contribution in [0, 0.1) is 6.92 Å². The fraction of sp³-hybridized carbons (Fsp3) is 0.455. The zero-order valence-corrected chi connectivity index (χ0v) is 16.1. The minimum absolute atomic E-state index is 0.129. The summed E-state index contributed by atoms with van der Waals surface area (Å²) >= 11 is 0. The molecular weight excluding hydrogens is 356 g/mol. The molecule has 1 aliphatic heterocycles. The second kappa shape index (κ2) is 7.80. The van der Waals surface area contributed by atoms with Crippen LogP contribution in [0.1, 0.15) is 53.8 Å². The first kappa shape index (κ1) is 18.7. The van der Waals surface area contributed by atoms with Crippen molar-refractivity contribution < 1.29 is 18.7 Å². The average Bonchev–Trinajstić information content (AvgIpc) is 3.35. The molecule has 1 aliphatic carbocycles. The van der Waals surface area contributed by atoms with E-state index in [9.17, 15) is 9.59 Å². The Bertz CT molecular complexity index is 840. The van der Waals surface area contributed by atoms with Crippen LogP contribution < -0.4 is 5.32 Å². The largest absolute Gasteiger partial charge is 0.467 e. The molecule has 1 aromatic carbocycles. The summed E-state index contributed by atoms with van der Waals surface area (Å²) in [5.74, 6) is 0.341. The molecule has 6 nitrogen and oxygen atoms in total. The molecule has 4 rings (SSSR count). The highest BCUT2D eigenvalue weighted by molar-refractivity contribution is 5.99. The molecule has 148 valence electrons. The van der Waals surface area contributed by atoms with Gasteiger partial charge in [-0.3, -0.25) is 14.5 Å². The number of furan rings is 1. The summed E-state index contributed by atoms with van der Waals surface area (Å²) in [4.78, 5) is 28.2. The molecule has 1 saturated heterocycles. The van der Waals surface area contributed by atoms with Gasteiger partial charge in [-0.2, -0.15) is 0 Å². The Morgan fingerprint density at radius 3 is 2.64 bits per heavy atom. The normalized spacial score (nSPS) is 21.0. The van der Waals surface area contributed by atoms with Crippen molar-refractivity contribution >= 4 is 11.8 Å². The molecule has 1 saturated carbocycles. The predicted octanol–water partition coefficient (Wildman–Crippen LogP) is 3.41. The SMILES string of the molecule is Cc1ccccc1C(=O)N1[C@H](C(=O)NCc2ccco2)COC12CCCCC2. The van der Waals surface area contributed by atoms with Crippen molar-refractivity contribution in [3.8, 4) is 0 Å². The number of ether oxygens (including phenoxy) is 1. The number of rotatable bonds is 4. The highest BCUT2D eigenvalue weighted by Gasteiger charge is 2.53. The minimum atomic E-state index is -0.676. The number of nitrogens with one attached hydrogen (secondary N) is 1. The first-order chi connectivity index (χ1) is 13.6. The molecule has 28 heavy (non-hydrogen) atoms. The van der Waals surface area contributed by atoms with E-state index in [2.05, 4.69) is 5.32 Å². The monoisotopic (exact) mass is 382 g/mol. The van der Waals surface area contributed by atoms with Crippen LogP contribution in [0.5, 0.6) is 0 Å². The van der Waals surface area contributed by atoms with Gasteiger partial charge in [0.1, 0.15) is 17.5 Å². The van der Waals surface area contributed by atoms with Crippen LogP contribution in [0.2, 0.25) is 0 Å². The molecule has 1 spiro atoms. The van der Waals surface area contributed by atoms with Crippen molar-refractivity contribution in [3.63, 3.8) is 0 Å². The zero-order chi connectivity index (χ0) is 19.6. The van der Waals surface area contributed by atoms with E-state index in [1.54, 1.807) is 17.2 Å². The predicted molar refractivity (Wildman–Crippen MR) is 103 cm³/mol. The number of carbonyl (C=O) groups is 2. The molecule has 1 atom stereocenters. The first-order valence-electron chi connectivity index (χ1n) is 9.94. The number of aryl methyl sites for hydroxylation is 1. The number of hydrogen-bond donors (Lipinski definition) is 1. The molecule has 2 amide bonds. The second-order valence-corrected chi connectivity index (χ2v) is 7.62. The lowest BCUT2D eigenvalue weighted by molar-refractivity contribution is -0.127. The second-order valence-electron chi connectivity index (χ2n) is 7.62. The van der Waals surface area contributed by atoms with Gasteiger partial charge in [-0.1, -0.05) is 24.6 Å². The summed E-state index contributed by atoms with van der Waals surface area (Å²) in [6.45, 7) is 2.44. The van der Waals surface area contributed by atoms with Gasteiger partial charge in [-0.25, -0.2) is 0 Å². The summed E-state index contributed by atoms with van der Waals surface area (Å²) in [6.07, 6.45) is 6.24. The molecule has 0 bridgehead atoms. The smallest absolute Gasteiger partial charge is 0.257 e. The van der Waals surface area contributed by atoms with Crippen molar-refractivity contribution in [1.29, 1.82) is 0 Å². The maximum atomic E-state index is 13.5. The Morgan fingerprint density at radius 1 is 1.14 bits per heavy atom. The Kier molecular flexibility index (Phi) is 5.22. The molecule has 2 heterocycles. The Hall–Kier alpha value is -2.60.